The predicted octanol–water partition coefficient (Wildman–Crippen LogP) is 2.40. The zero-order valence-corrected chi connectivity index (χ0v) is 11.0. The number of hydrogen-bond acceptors (Lipinski definition) is 5. The number of nitro groups is 1. The number of nitrogen functional groups attached to an aromatic ring is 1. The van der Waals surface area contributed by atoms with Crippen molar-refractivity contribution in [2.24, 2.45) is 5.92 Å². The van der Waals surface area contributed by atoms with Crippen LogP contribution < -0.4 is 11.1 Å². The van der Waals surface area contributed by atoms with Gasteiger partial charge in [-0.05, 0) is 18.9 Å². The minimum absolute atomic E-state index is 0.0113. The highest BCUT2D eigenvalue weighted by molar-refractivity contribution is 5.61. The number of ether oxygens (including phenoxy) is 1. The summed E-state index contributed by atoms with van der Waals surface area (Å²) in [6.07, 6.45) is 2.29. The van der Waals surface area contributed by atoms with Gasteiger partial charge >= 0.3 is 0 Å². The highest BCUT2D eigenvalue weighted by Crippen LogP contribution is 2.26. The van der Waals surface area contributed by atoms with Crippen LogP contribution in [0.4, 0.5) is 17.1 Å². The summed E-state index contributed by atoms with van der Waals surface area (Å²) < 4.78 is 5.62. The fourth-order valence-electron chi connectivity index (χ4n) is 2.47. The number of nitrogens with one attached hydrogen (secondary N) is 1. The largest absolute Gasteiger partial charge is 0.398 e. The van der Waals surface area contributed by atoms with Gasteiger partial charge in [-0.3, -0.25) is 10.1 Å². The lowest BCUT2D eigenvalue weighted by Crippen LogP contribution is -2.22. The first kappa shape index (κ1) is 13.6. The summed E-state index contributed by atoms with van der Waals surface area (Å²) in [6, 6.07) is 4.58. The lowest BCUT2D eigenvalue weighted by molar-refractivity contribution is -0.384. The van der Waals surface area contributed by atoms with E-state index in [9.17, 15) is 10.1 Å². The Balaban J connectivity index is 2.01. The Kier molecular flexibility index (Phi) is 4.21. The van der Waals surface area contributed by atoms with E-state index in [4.69, 9.17) is 10.5 Å². The van der Waals surface area contributed by atoms with Gasteiger partial charge in [0.05, 0.1) is 11.0 Å². The van der Waals surface area contributed by atoms with E-state index in [2.05, 4.69) is 12.2 Å². The Bertz CT molecular complexity index is 464. The molecule has 6 heteroatoms. The molecule has 19 heavy (non-hydrogen) atoms. The minimum atomic E-state index is -0.435. The molecule has 6 nitrogen and oxygen atoms in total. The van der Waals surface area contributed by atoms with Gasteiger partial charge in [-0.25, -0.2) is 0 Å². The Morgan fingerprint density at radius 1 is 1.53 bits per heavy atom. The second kappa shape index (κ2) is 5.88. The Morgan fingerprint density at radius 3 is 3.00 bits per heavy atom. The van der Waals surface area contributed by atoms with Gasteiger partial charge in [0.1, 0.15) is 0 Å². The molecule has 104 valence electrons. The SMILES string of the molecule is CCC1OCCC1CNc1cc(N)cc([N+](=O)[O-])c1. The molecule has 0 aliphatic carbocycles. The van der Waals surface area contributed by atoms with Crippen molar-refractivity contribution in [3.8, 4) is 0 Å². The number of nitro benzene ring substituents is 1. The molecule has 2 atom stereocenters. The molecule has 1 aromatic carbocycles. The number of anilines is 2. The molecule has 0 radical (unpaired) electrons. The molecule has 1 heterocycles. The van der Waals surface area contributed by atoms with E-state index in [1.165, 1.54) is 12.1 Å². The lowest BCUT2D eigenvalue weighted by Gasteiger charge is -2.18. The van der Waals surface area contributed by atoms with Gasteiger partial charge in [0, 0.05) is 42.6 Å². The van der Waals surface area contributed by atoms with Crippen molar-refractivity contribution in [3.05, 3.63) is 28.3 Å². The molecule has 0 bridgehead atoms. The van der Waals surface area contributed by atoms with Gasteiger partial charge < -0.3 is 15.8 Å². The average Bonchev–Trinajstić information content (AvgIpc) is 2.83. The monoisotopic (exact) mass is 265 g/mol. The highest BCUT2D eigenvalue weighted by Gasteiger charge is 2.26. The van der Waals surface area contributed by atoms with Crippen molar-refractivity contribution in [1.82, 2.24) is 0 Å². The van der Waals surface area contributed by atoms with Crippen molar-refractivity contribution in [3.63, 3.8) is 0 Å². The standard InChI is InChI=1S/C13H19N3O3/c1-2-13-9(3-4-19-13)8-15-11-5-10(14)6-12(7-11)16(17)18/h5-7,9,13,15H,2-4,8,14H2,1H3. The average molecular weight is 265 g/mol. The van der Waals surface area contributed by atoms with Crippen molar-refractivity contribution < 1.29 is 9.66 Å². The first-order valence-corrected chi connectivity index (χ1v) is 6.50. The van der Waals surface area contributed by atoms with Gasteiger partial charge in [-0.15, -0.1) is 0 Å². The van der Waals surface area contributed by atoms with Crippen molar-refractivity contribution in [2.75, 3.05) is 24.2 Å². The number of nitrogens with zero attached hydrogens (tertiary/aromatic N) is 1. The van der Waals surface area contributed by atoms with E-state index >= 15 is 0 Å². The predicted molar refractivity (Wildman–Crippen MR) is 74.1 cm³/mol. The normalized spacial score (nSPS) is 22.4. The van der Waals surface area contributed by atoms with E-state index in [0.29, 0.717) is 17.3 Å². The van der Waals surface area contributed by atoms with E-state index < -0.39 is 4.92 Å². The smallest absolute Gasteiger partial charge is 0.273 e. The molecule has 1 aromatic rings. The van der Waals surface area contributed by atoms with Gasteiger partial charge in [0.15, 0.2) is 0 Å². The molecule has 2 rings (SSSR count). The highest BCUT2D eigenvalue weighted by atomic mass is 16.6. The van der Waals surface area contributed by atoms with Crippen molar-refractivity contribution in [1.29, 1.82) is 0 Å². The Labute approximate surface area is 112 Å². The van der Waals surface area contributed by atoms with Gasteiger partial charge in [-0.1, -0.05) is 6.92 Å². The first-order valence-electron chi connectivity index (χ1n) is 6.50. The van der Waals surface area contributed by atoms with E-state index in [-0.39, 0.29) is 11.8 Å². The maximum absolute atomic E-state index is 10.8. The van der Waals surface area contributed by atoms with Crippen LogP contribution in [0.5, 0.6) is 0 Å². The second-order valence-electron chi connectivity index (χ2n) is 4.82. The molecule has 2 unspecified atom stereocenters. The van der Waals surface area contributed by atoms with Gasteiger partial charge in [0.25, 0.3) is 5.69 Å². The number of rotatable bonds is 5. The quantitative estimate of drug-likeness (QED) is 0.484. The number of nitrogens with two attached hydrogens (primary N) is 1. The zero-order valence-electron chi connectivity index (χ0n) is 11.0. The Morgan fingerprint density at radius 2 is 2.32 bits per heavy atom. The van der Waals surface area contributed by atoms with E-state index in [1.54, 1.807) is 6.07 Å². The molecule has 1 fully saturated rings. The molecular weight excluding hydrogens is 246 g/mol. The molecule has 1 aliphatic rings. The summed E-state index contributed by atoms with van der Waals surface area (Å²) >= 11 is 0. The van der Waals surface area contributed by atoms with Crippen LogP contribution in [0.2, 0.25) is 0 Å². The number of benzene rings is 1. The maximum atomic E-state index is 10.8. The third-order valence-corrected chi connectivity index (χ3v) is 3.47. The van der Waals surface area contributed by atoms with Crippen LogP contribution in [-0.2, 0) is 4.74 Å². The second-order valence-corrected chi connectivity index (χ2v) is 4.82. The fourth-order valence-corrected chi connectivity index (χ4v) is 2.47. The van der Waals surface area contributed by atoms with Crippen LogP contribution in [0, 0.1) is 16.0 Å². The topological polar surface area (TPSA) is 90.4 Å². The molecular formula is C13H19N3O3. The van der Waals surface area contributed by atoms with Crippen LogP contribution in [0.25, 0.3) is 0 Å². The molecule has 0 spiro atoms. The third kappa shape index (κ3) is 3.35. The van der Waals surface area contributed by atoms with Crippen LogP contribution >= 0.6 is 0 Å². The summed E-state index contributed by atoms with van der Waals surface area (Å²) in [5, 5.41) is 14.0. The van der Waals surface area contributed by atoms with Crippen LogP contribution in [0.15, 0.2) is 18.2 Å². The summed E-state index contributed by atoms with van der Waals surface area (Å²) in [5.74, 6) is 0.450. The van der Waals surface area contributed by atoms with E-state index in [1.807, 2.05) is 0 Å². The van der Waals surface area contributed by atoms with Crippen LogP contribution in [0.1, 0.15) is 19.8 Å². The van der Waals surface area contributed by atoms with Gasteiger partial charge in [0.2, 0.25) is 0 Å². The summed E-state index contributed by atoms with van der Waals surface area (Å²) in [4.78, 5) is 10.3. The van der Waals surface area contributed by atoms with E-state index in [0.717, 1.165) is 26.0 Å². The van der Waals surface area contributed by atoms with Crippen LogP contribution in [-0.4, -0.2) is 24.2 Å². The number of hydrogen-bond donors (Lipinski definition) is 2. The molecule has 1 aliphatic heterocycles. The molecule has 0 amide bonds. The molecule has 0 aromatic heterocycles. The van der Waals surface area contributed by atoms with Gasteiger partial charge in [-0.2, -0.15) is 0 Å². The summed E-state index contributed by atoms with van der Waals surface area (Å²) in [5.41, 5.74) is 6.76. The van der Waals surface area contributed by atoms with Crippen molar-refractivity contribution in [2.45, 2.75) is 25.9 Å². The molecule has 3 N–H and O–H groups in total. The summed E-state index contributed by atoms with van der Waals surface area (Å²) in [7, 11) is 0. The first-order chi connectivity index (χ1) is 9.10. The Hall–Kier alpha value is -1.82. The third-order valence-electron chi connectivity index (χ3n) is 3.47. The molecule has 1 saturated heterocycles. The van der Waals surface area contributed by atoms with Crippen molar-refractivity contribution >= 4 is 17.1 Å². The zero-order chi connectivity index (χ0) is 13.8. The number of non-ortho nitro benzene ring substituents is 1. The van der Waals surface area contributed by atoms with Crippen LogP contribution in [0.3, 0.4) is 0 Å². The molecule has 0 saturated carbocycles. The minimum Gasteiger partial charge on any atom is -0.398 e. The maximum Gasteiger partial charge on any atom is 0.273 e. The summed E-state index contributed by atoms with van der Waals surface area (Å²) in [6.45, 7) is 3.65. The fraction of sp³-hybridized carbons (Fsp3) is 0.538. The lowest BCUT2D eigenvalue weighted by atomic mass is 9.99.